The van der Waals surface area contributed by atoms with Gasteiger partial charge in [0.1, 0.15) is 5.75 Å². The fraction of sp³-hybridized carbons (Fsp3) is 0.300. The molecule has 1 N–H and O–H groups in total. The lowest BCUT2D eigenvalue weighted by Gasteiger charge is -2.11. The van der Waals surface area contributed by atoms with Crippen LogP contribution in [-0.2, 0) is 20.7 Å². The third-order valence-electron chi connectivity index (χ3n) is 3.79. The summed E-state index contributed by atoms with van der Waals surface area (Å²) < 4.78 is 10.3. The smallest absolute Gasteiger partial charge is 0.310 e. The van der Waals surface area contributed by atoms with Crippen LogP contribution >= 0.6 is 0 Å². The average Bonchev–Trinajstić information content (AvgIpc) is 2.56. The van der Waals surface area contributed by atoms with E-state index < -0.39 is 5.97 Å². The molecule has 132 valence electrons. The molecular weight excluding hydrogens is 318 g/mol. The van der Waals surface area contributed by atoms with Gasteiger partial charge in [0.2, 0.25) is 0 Å². The number of hydrogen-bond donors (Lipinski definition) is 1. The molecule has 0 saturated carbocycles. The predicted molar refractivity (Wildman–Crippen MR) is 96.9 cm³/mol. The highest BCUT2D eigenvalue weighted by molar-refractivity contribution is 5.93. The molecule has 0 aliphatic heterocycles. The molecule has 0 aromatic heterocycles. The number of aryl methyl sites for hydroxylation is 3. The van der Waals surface area contributed by atoms with Crippen molar-refractivity contribution in [1.82, 2.24) is 0 Å². The largest absolute Gasteiger partial charge is 0.496 e. The first-order chi connectivity index (χ1) is 11.9. The van der Waals surface area contributed by atoms with Crippen molar-refractivity contribution in [2.45, 2.75) is 27.2 Å². The van der Waals surface area contributed by atoms with Gasteiger partial charge in [0.25, 0.3) is 5.91 Å². The molecule has 5 nitrogen and oxygen atoms in total. The topological polar surface area (TPSA) is 64.6 Å². The van der Waals surface area contributed by atoms with Crippen molar-refractivity contribution in [3.8, 4) is 5.75 Å². The Bertz CT molecular complexity index is 783. The summed E-state index contributed by atoms with van der Waals surface area (Å²) in [6.45, 7) is 5.52. The minimum Gasteiger partial charge on any atom is -0.496 e. The number of anilines is 1. The number of methoxy groups -OCH3 is 1. The zero-order valence-corrected chi connectivity index (χ0v) is 15.0. The number of carbonyl (C=O) groups is 2. The van der Waals surface area contributed by atoms with E-state index in [1.165, 1.54) is 0 Å². The van der Waals surface area contributed by atoms with Crippen molar-refractivity contribution < 1.29 is 19.1 Å². The standard InChI is InChI=1S/C20H23NO4/c1-13-5-7-17(15(3)9-13)21-19(22)12-25-20(23)11-16-10-14(2)6-8-18(16)24-4/h5-10H,11-12H2,1-4H3,(H,21,22). The highest BCUT2D eigenvalue weighted by atomic mass is 16.5. The van der Waals surface area contributed by atoms with Crippen molar-refractivity contribution in [2.24, 2.45) is 0 Å². The summed E-state index contributed by atoms with van der Waals surface area (Å²) in [7, 11) is 1.55. The number of carbonyl (C=O) groups excluding carboxylic acids is 2. The fourth-order valence-corrected chi connectivity index (χ4v) is 2.54. The van der Waals surface area contributed by atoms with Gasteiger partial charge in [-0.3, -0.25) is 9.59 Å². The molecule has 0 atom stereocenters. The second-order valence-electron chi connectivity index (χ2n) is 6.02. The summed E-state index contributed by atoms with van der Waals surface area (Å²) >= 11 is 0. The zero-order valence-electron chi connectivity index (χ0n) is 15.0. The van der Waals surface area contributed by atoms with Crippen LogP contribution in [0.4, 0.5) is 5.69 Å². The maximum Gasteiger partial charge on any atom is 0.310 e. The van der Waals surface area contributed by atoms with Gasteiger partial charge in [0.15, 0.2) is 6.61 Å². The maximum absolute atomic E-state index is 12.0. The quantitative estimate of drug-likeness (QED) is 0.819. The molecule has 0 spiro atoms. The molecule has 0 fully saturated rings. The molecule has 0 bridgehead atoms. The van der Waals surface area contributed by atoms with Gasteiger partial charge < -0.3 is 14.8 Å². The predicted octanol–water partition coefficient (Wildman–Crippen LogP) is 3.34. The van der Waals surface area contributed by atoms with E-state index in [0.29, 0.717) is 11.4 Å². The SMILES string of the molecule is COc1ccc(C)cc1CC(=O)OCC(=O)Nc1ccc(C)cc1C. The van der Waals surface area contributed by atoms with E-state index >= 15 is 0 Å². The Hall–Kier alpha value is -2.82. The Kier molecular flexibility index (Phi) is 6.17. The number of hydrogen-bond acceptors (Lipinski definition) is 4. The van der Waals surface area contributed by atoms with E-state index in [1.54, 1.807) is 7.11 Å². The zero-order chi connectivity index (χ0) is 18.4. The molecule has 2 rings (SSSR count). The third-order valence-corrected chi connectivity index (χ3v) is 3.79. The van der Waals surface area contributed by atoms with Crippen molar-refractivity contribution in [1.29, 1.82) is 0 Å². The van der Waals surface area contributed by atoms with Gasteiger partial charge >= 0.3 is 5.97 Å². The molecule has 2 aromatic carbocycles. The molecule has 0 aliphatic rings. The van der Waals surface area contributed by atoms with Crippen molar-refractivity contribution >= 4 is 17.6 Å². The minimum atomic E-state index is -0.473. The second kappa shape index (κ2) is 8.33. The van der Waals surface area contributed by atoms with Gasteiger partial charge in [-0.25, -0.2) is 0 Å². The van der Waals surface area contributed by atoms with Crippen LogP contribution in [-0.4, -0.2) is 25.6 Å². The van der Waals surface area contributed by atoms with E-state index in [2.05, 4.69) is 5.32 Å². The summed E-state index contributed by atoms with van der Waals surface area (Å²) in [5.41, 5.74) is 4.56. The first kappa shape index (κ1) is 18.5. The molecule has 0 unspecified atom stereocenters. The van der Waals surface area contributed by atoms with Gasteiger partial charge in [-0.05, 0) is 38.5 Å². The number of esters is 1. The normalized spacial score (nSPS) is 10.2. The van der Waals surface area contributed by atoms with Crippen molar-refractivity contribution in [3.05, 3.63) is 58.7 Å². The average molecular weight is 341 g/mol. The van der Waals surface area contributed by atoms with Crippen LogP contribution in [0.25, 0.3) is 0 Å². The summed E-state index contributed by atoms with van der Waals surface area (Å²) in [6.07, 6.45) is 0.0572. The molecule has 0 aliphatic carbocycles. The van der Waals surface area contributed by atoms with E-state index in [9.17, 15) is 9.59 Å². The number of benzene rings is 2. The number of ether oxygens (including phenoxy) is 2. The van der Waals surface area contributed by atoms with Crippen LogP contribution in [0.1, 0.15) is 22.3 Å². The summed E-state index contributed by atoms with van der Waals surface area (Å²) in [6, 6.07) is 11.3. The van der Waals surface area contributed by atoms with Crippen LogP contribution in [0.5, 0.6) is 5.75 Å². The summed E-state index contributed by atoms with van der Waals surface area (Å²) in [5.74, 6) is -0.210. The lowest BCUT2D eigenvalue weighted by Crippen LogP contribution is -2.22. The molecular formula is C20H23NO4. The minimum absolute atomic E-state index is 0.0572. The molecule has 25 heavy (non-hydrogen) atoms. The lowest BCUT2D eigenvalue weighted by atomic mass is 10.1. The molecule has 0 radical (unpaired) electrons. The highest BCUT2D eigenvalue weighted by Gasteiger charge is 2.13. The Balaban J connectivity index is 1.89. The van der Waals surface area contributed by atoms with Gasteiger partial charge in [0.05, 0.1) is 13.5 Å². The van der Waals surface area contributed by atoms with Crippen LogP contribution in [0.3, 0.4) is 0 Å². The van der Waals surface area contributed by atoms with Crippen LogP contribution in [0, 0.1) is 20.8 Å². The molecule has 5 heteroatoms. The Morgan fingerprint density at radius 1 is 1.00 bits per heavy atom. The second-order valence-corrected chi connectivity index (χ2v) is 6.02. The van der Waals surface area contributed by atoms with Crippen LogP contribution in [0.15, 0.2) is 36.4 Å². The third kappa shape index (κ3) is 5.35. The number of nitrogens with one attached hydrogen (secondary N) is 1. The monoisotopic (exact) mass is 341 g/mol. The van der Waals surface area contributed by atoms with E-state index in [0.717, 1.165) is 22.3 Å². The highest BCUT2D eigenvalue weighted by Crippen LogP contribution is 2.20. The lowest BCUT2D eigenvalue weighted by molar-refractivity contribution is -0.146. The molecule has 0 heterocycles. The fourth-order valence-electron chi connectivity index (χ4n) is 2.54. The molecule has 1 amide bonds. The summed E-state index contributed by atoms with van der Waals surface area (Å²) in [4.78, 5) is 24.0. The Morgan fingerprint density at radius 3 is 2.36 bits per heavy atom. The van der Waals surface area contributed by atoms with E-state index in [4.69, 9.17) is 9.47 Å². The summed E-state index contributed by atoms with van der Waals surface area (Å²) in [5, 5.41) is 2.75. The van der Waals surface area contributed by atoms with Gasteiger partial charge in [-0.15, -0.1) is 0 Å². The molecule has 2 aromatic rings. The Labute approximate surface area is 148 Å². The van der Waals surface area contributed by atoms with E-state index in [1.807, 2.05) is 57.2 Å². The van der Waals surface area contributed by atoms with Gasteiger partial charge in [-0.2, -0.15) is 0 Å². The van der Waals surface area contributed by atoms with Gasteiger partial charge in [-0.1, -0.05) is 35.4 Å². The number of rotatable bonds is 6. The Morgan fingerprint density at radius 2 is 1.68 bits per heavy atom. The van der Waals surface area contributed by atoms with Crippen molar-refractivity contribution in [3.63, 3.8) is 0 Å². The van der Waals surface area contributed by atoms with Crippen LogP contribution in [0.2, 0.25) is 0 Å². The first-order valence-electron chi connectivity index (χ1n) is 8.05. The number of amides is 1. The van der Waals surface area contributed by atoms with Crippen molar-refractivity contribution in [2.75, 3.05) is 19.0 Å². The van der Waals surface area contributed by atoms with Gasteiger partial charge in [0, 0.05) is 11.3 Å². The molecule has 0 saturated heterocycles. The van der Waals surface area contributed by atoms with E-state index in [-0.39, 0.29) is 18.9 Å². The maximum atomic E-state index is 12.0. The van der Waals surface area contributed by atoms with Crippen LogP contribution < -0.4 is 10.1 Å². The first-order valence-corrected chi connectivity index (χ1v) is 8.05.